The van der Waals surface area contributed by atoms with Gasteiger partial charge in [-0.05, 0) is 26.0 Å². The van der Waals surface area contributed by atoms with E-state index in [1.807, 2.05) is 32.0 Å². The highest BCUT2D eigenvalue weighted by atomic mass is 79.9. The van der Waals surface area contributed by atoms with Crippen molar-refractivity contribution in [2.75, 3.05) is 0 Å². The molecule has 0 atom stereocenters. The number of fused-ring (bicyclic) bond motifs is 1. The molecule has 0 radical (unpaired) electrons. The van der Waals surface area contributed by atoms with E-state index in [1.54, 1.807) is 6.20 Å². The van der Waals surface area contributed by atoms with Gasteiger partial charge in [0.25, 0.3) is 0 Å². The predicted molar refractivity (Wildman–Crippen MR) is 70.2 cm³/mol. The molecule has 2 aromatic rings. The largest absolute Gasteiger partial charge is 0.487 e. The van der Waals surface area contributed by atoms with E-state index in [4.69, 9.17) is 16.3 Å². The molecule has 0 saturated carbocycles. The Labute approximate surface area is 108 Å². The third-order valence-corrected chi connectivity index (χ3v) is 3.04. The van der Waals surface area contributed by atoms with Crippen LogP contribution in [0.3, 0.4) is 0 Å². The van der Waals surface area contributed by atoms with Gasteiger partial charge in [-0.25, -0.2) is 0 Å². The van der Waals surface area contributed by atoms with Crippen LogP contribution in [0.2, 0.25) is 5.02 Å². The fourth-order valence-corrected chi connectivity index (χ4v) is 2.42. The van der Waals surface area contributed by atoms with Gasteiger partial charge in [0, 0.05) is 16.1 Å². The zero-order chi connectivity index (χ0) is 11.7. The Kier molecular flexibility index (Phi) is 3.36. The maximum atomic E-state index is 6.16. The fraction of sp³-hybridized carbons (Fsp3) is 0.250. The predicted octanol–water partition coefficient (Wildman–Crippen LogP) is 4.44. The minimum Gasteiger partial charge on any atom is -0.487 e. The number of aromatic nitrogens is 1. The van der Waals surface area contributed by atoms with E-state index in [0.717, 1.165) is 15.4 Å². The van der Waals surface area contributed by atoms with Crippen molar-refractivity contribution in [3.63, 3.8) is 0 Å². The number of benzene rings is 1. The van der Waals surface area contributed by atoms with Crippen LogP contribution in [0.4, 0.5) is 0 Å². The van der Waals surface area contributed by atoms with Crippen LogP contribution in [0, 0.1) is 0 Å². The van der Waals surface area contributed by atoms with Gasteiger partial charge in [-0.1, -0.05) is 33.6 Å². The van der Waals surface area contributed by atoms with E-state index in [2.05, 4.69) is 20.9 Å². The van der Waals surface area contributed by atoms with Crippen LogP contribution >= 0.6 is 27.5 Å². The molecule has 2 rings (SSSR count). The second-order valence-corrected chi connectivity index (χ2v) is 5.00. The molecule has 0 unspecified atom stereocenters. The quantitative estimate of drug-likeness (QED) is 0.818. The Morgan fingerprint density at radius 1 is 1.44 bits per heavy atom. The van der Waals surface area contributed by atoms with Gasteiger partial charge >= 0.3 is 0 Å². The molecule has 2 nitrogen and oxygen atoms in total. The third-order valence-electron chi connectivity index (χ3n) is 2.10. The van der Waals surface area contributed by atoms with Gasteiger partial charge in [0.2, 0.25) is 0 Å². The third kappa shape index (κ3) is 2.15. The molecule has 1 heterocycles. The molecule has 0 saturated heterocycles. The minimum absolute atomic E-state index is 0.0730. The average Bonchev–Trinajstić information content (AvgIpc) is 2.24. The molecule has 0 amide bonds. The molecule has 0 aliphatic rings. The lowest BCUT2D eigenvalue weighted by atomic mass is 10.2. The lowest BCUT2D eigenvalue weighted by molar-refractivity contribution is 0.245. The van der Waals surface area contributed by atoms with E-state index >= 15 is 0 Å². The minimum atomic E-state index is 0.0730. The summed E-state index contributed by atoms with van der Waals surface area (Å²) in [7, 11) is 0. The van der Waals surface area contributed by atoms with Crippen molar-refractivity contribution >= 4 is 38.4 Å². The first kappa shape index (κ1) is 11.7. The molecule has 0 bridgehead atoms. The van der Waals surface area contributed by atoms with Crippen LogP contribution in [-0.2, 0) is 0 Å². The van der Waals surface area contributed by atoms with Crippen molar-refractivity contribution in [2.45, 2.75) is 20.0 Å². The summed E-state index contributed by atoms with van der Waals surface area (Å²) in [5.74, 6) is 0.649. The van der Waals surface area contributed by atoms with E-state index in [0.29, 0.717) is 10.8 Å². The molecule has 1 aromatic carbocycles. The lowest BCUT2D eigenvalue weighted by Gasteiger charge is -2.14. The zero-order valence-corrected chi connectivity index (χ0v) is 11.3. The number of rotatable bonds is 2. The monoisotopic (exact) mass is 299 g/mol. The van der Waals surface area contributed by atoms with Gasteiger partial charge in [0.05, 0.1) is 11.1 Å². The van der Waals surface area contributed by atoms with Gasteiger partial charge in [-0.3, -0.25) is 4.98 Å². The Hall–Kier alpha value is -0.800. The SMILES string of the molecule is CC(C)Oc1c(Cl)cc(Br)c2cccnc12. The second kappa shape index (κ2) is 4.60. The van der Waals surface area contributed by atoms with Crippen molar-refractivity contribution in [1.82, 2.24) is 4.98 Å². The van der Waals surface area contributed by atoms with Crippen LogP contribution in [0.5, 0.6) is 5.75 Å². The Balaban J connectivity index is 2.71. The normalized spacial score (nSPS) is 11.1. The van der Waals surface area contributed by atoms with Crippen molar-refractivity contribution in [3.05, 3.63) is 33.9 Å². The van der Waals surface area contributed by atoms with E-state index in [1.165, 1.54) is 0 Å². The zero-order valence-electron chi connectivity index (χ0n) is 9.00. The standard InChI is InChI=1S/C12H11BrClNO/c1-7(2)16-12-10(14)6-9(13)8-4-3-5-15-11(8)12/h3-7H,1-2H3. The first-order chi connectivity index (χ1) is 7.59. The second-order valence-electron chi connectivity index (χ2n) is 3.74. The van der Waals surface area contributed by atoms with Gasteiger partial charge in [0.15, 0.2) is 5.75 Å². The number of nitrogens with zero attached hydrogens (tertiary/aromatic N) is 1. The number of hydrogen-bond acceptors (Lipinski definition) is 2. The molecule has 0 N–H and O–H groups in total. The Bertz CT molecular complexity index is 528. The number of hydrogen-bond donors (Lipinski definition) is 0. The summed E-state index contributed by atoms with van der Waals surface area (Å²) in [6.45, 7) is 3.93. The molecule has 0 fully saturated rings. The summed E-state index contributed by atoms with van der Waals surface area (Å²) in [5.41, 5.74) is 0.788. The maximum absolute atomic E-state index is 6.16. The summed E-state index contributed by atoms with van der Waals surface area (Å²) in [6, 6.07) is 5.71. The molecule has 0 aliphatic carbocycles. The van der Waals surface area contributed by atoms with Crippen LogP contribution in [0.25, 0.3) is 10.9 Å². The van der Waals surface area contributed by atoms with Crippen molar-refractivity contribution in [1.29, 1.82) is 0 Å². The van der Waals surface area contributed by atoms with Gasteiger partial charge in [-0.2, -0.15) is 0 Å². The average molecular weight is 301 g/mol. The highest BCUT2D eigenvalue weighted by Gasteiger charge is 2.12. The van der Waals surface area contributed by atoms with Crippen LogP contribution < -0.4 is 4.74 Å². The van der Waals surface area contributed by atoms with Crippen molar-refractivity contribution < 1.29 is 4.74 Å². The summed E-state index contributed by atoms with van der Waals surface area (Å²) < 4.78 is 6.63. The van der Waals surface area contributed by atoms with E-state index < -0.39 is 0 Å². The molecular weight excluding hydrogens is 289 g/mol. The molecule has 0 aliphatic heterocycles. The van der Waals surface area contributed by atoms with Gasteiger partial charge in [-0.15, -0.1) is 0 Å². The smallest absolute Gasteiger partial charge is 0.164 e. The summed E-state index contributed by atoms with van der Waals surface area (Å²) in [5, 5.41) is 1.58. The first-order valence-corrected chi connectivity index (χ1v) is 6.16. The van der Waals surface area contributed by atoms with Gasteiger partial charge in [0.1, 0.15) is 5.52 Å². The summed E-state index contributed by atoms with van der Waals surface area (Å²) in [4.78, 5) is 4.32. The van der Waals surface area contributed by atoms with Crippen LogP contribution in [0.15, 0.2) is 28.9 Å². The molecule has 1 aromatic heterocycles. The number of ether oxygens (including phenoxy) is 1. The Morgan fingerprint density at radius 3 is 2.88 bits per heavy atom. The highest BCUT2D eigenvalue weighted by molar-refractivity contribution is 9.10. The van der Waals surface area contributed by atoms with Crippen molar-refractivity contribution in [2.24, 2.45) is 0 Å². The Morgan fingerprint density at radius 2 is 2.19 bits per heavy atom. The van der Waals surface area contributed by atoms with Gasteiger partial charge < -0.3 is 4.74 Å². The molecule has 4 heteroatoms. The summed E-state index contributed by atoms with van der Waals surface area (Å²) in [6.07, 6.45) is 1.81. The fourth-order valence-electron chi connectivity index (χ4n) is 1.49. The van der Waals surface area contributed by atoms with E-state index in [-0.39, 0.29) is 6.10 Å². The number of pyridine rings is 1. The van der Waals surface area contributed by atoms with Crippen molar-refractivity contribution in [3.8, 4) is 5.75 Å². The lowest BCUT2D eigenvalue weighted by Crippen LogP contribution is -2.06. The molecular formula is C12H11BrClNO. The molecule has 16 heavy (non-hydrogen) atoms. The molecule has 0 spiro atoms. The first-order valence-electron chi connectivity index (χ1n) is 4.99. The number of halogens is 2. The van der Waals surface area contributed by atoms with Crippen LogP contribution in [-0.4, -0.2) is 11.1 Å². The highest BCUT2D eigenvalue weighted by Crippen LogP contribution is 2.37. The van der Waals surface area contributed by atoms with E-state index in [9.17, 15) is 0 Å². The summed E-state index contributed by atoms with van der Waals surface area (Å²) >= 11 is 9.63. The van der Waals surface area contributed by atoms with Crippen LogP contribution in [0.1, 0.15) is 13.8 Å². The molecule has 84 valence electrons. The topological polar surface area (TPSA) is 22.1 Å². The maximum Gasteiger partial charge on any atom is 0.164 e.